The average molecular weight is 537 g/mol. The summed E-state index contributed by atoms with van der Waals surface area (Å²) in [5, 5.41) is 0. The first-order chi connectivity index (χ1) is 18.0. The number of alkyl halides is 3. The third-order valence-electron chi connectivity index (χ3n) is 8.05. The van der Waals surface area contributed by atoms with Crippen LogP contribution in [0.4, 0.5) is 13.2 Å². The molecule has 1 aromatic carbocycles. The standard InChI is InChI=1S/C32H51F3N2O/c1-7-10-13-15-17-19-30(4,5)28-24-36-26-22-25(23-27(29(26)37-28)38-32(33,34)35)31(6,20-12-9-3)21-18-16-14-11-8-2/h22-24H,7-21H2,1-6H3. The quantitative estimate of drug-likeness (QED) is 0.178. The number of aromatic nitrogens is 2. The zero-order chi connectivity index (χ0) is 28.2. The maximum atomic E-state index is 13.6. The van der Waals surface area contributed by atoms with Crippen LogP contribution in [-0.4, -0.2) is 16.3 Å². The second-order valence-electron chi connectivity index (χ2n) is 12.0. The topological polar surface area (TPSA) is 35.0 Å². The van der Waals surface area contributed by atoms with E-state index in [4.69, 9.17) is 4.98 Å². The van der Waals surface area contributed by atoms with E-state index in [1.165, 1.54) is 38.5 Å². The predicted molar refractivity (Wildman–Crippen MR) is 153 cm³/mol. The Morgan fingerprint density at radius 2 is 1.26 bits per heavy atom. The molecule has 0 aliphatic rings. The highest BCUT2D eigenvalue weighted by molar-refractivity contribution is 5.82. The molecule has 0 N–H and O–H groups in total. The maximum absolute atomic E-state index is 13.6. The van der Waals surface area contributed by atoms with Crippen molar-refractivity contribution in [1.82, 2.24) is 9.97 Å². The van der Waals surface area contributed by atoms with Crippen molar-refractivity contribution in [1.29, 1.82) is 0 Å². The molecule has 1 aromatic heterocycles. The van der Waals surface area contributed by atoms with E-state index in [0.717, 1.165) is 63.4 Å². The average Bonchev–Trinajstić information content (AvgIpc) is 2.86. The Kier molecular flexibility index (Phi) is 12.8. The molecule has 0 fully saturated rings. The zero-order valence-corrected chi connectivity index (χ0v) is 24.8. The maximum Gasteiger partial charge on any atom is 0.573 e. The van der Waals surface area contributed by atoms with Gasteiger partial charge >= 0.3 is 6.36 Å². The molecule has 0 aliphatic carbocycles. The number of hydrogen-bond donors (Lipinski definition) is 0. The summed E-state index contributed by atoms with van der Waals surface area (Å²) in [6.07, 6.45) is 13.4. The predicted octanol–water partition coefficient (Wildman–Crippen LogP) is 11.0. The van der Waals surface area contributed by atoms with Gasteiger partial charge in [-0.1, -0.05) is 119 Å². The van der Waals surface area contributed by atoms with Crippen LogP contribution in [0.25, 0.3) is 11.0 Å². The largest absolute Gasteiger partial charge is 0.573 e. The van der Waals surface area contributed by atoms with Gasteiger partial charge in [0.2, 0.25) is 0 Å². The molecule has 38 heavy (non-hydrogen) atoms. The highest BCUT2D eigenvalue weighted by Gasteiger charge is 2.35. The van der Waals surface area contributed by atoms with Crippen LogP contribution in [0.2, 0.25) is 0 Å². The smallest absolute Gasteiger partial charge is 0.403 e. The van der Waals surface area contributed by atoms with Gasteiger partial charge in [0.15, 0.2) is 5.75 Å². The molecule has 1 unspecified atom stereocenters. The Morgan fingerprint density at radius 1 is 0.711 bits per heavy atom. The van der Waals surface area contributed by atoms with Gasteiger partial charge in [0.25, 0.3) is 0 Å². The summed E-state index contributed by atoms with van der Waals surface area (Å²) in [7, 11) is 0. The number of fused-ring (bicyclic) bond motifs is 1. The van der Waals surface area contributed by atoms with Crippen LogP contribution >= 0.6 is 0 Å². The number of nitrogens with zero attached hydrogens (tertiary/aromatic N) is 2. The molecule has 1 heterocycles. The number of rotatable bonds is 18. The first-order valence-corrected chi connectivity index (χ1v) is 15.0. The second kappa shape index (κ2) is 15.1. The minimum absolute atomic E-state index is 0.198. The number of unbranched alkanes of at least 4 members (excludes halogenated alkanes) is 9. The van der Waals surface area contributed by atoms with E-state index < -0.39 is 6.36 Å². The van der Waals surface area contributed by atoms with E-state index >= 15 is 0 Å². The van der Waals surface area contributed by atoms with Crippen LogP contribution in [0.15, 0.2) is 18.3 Å². The van der Waals surface area contributed by atoms with Gasteiger partial charge in [-0.3, -0.25) is 4.98 Å². The van der Waals surface area contributed by atoms with E-state index in [2.05, 4.69) is 51.3 Å². The molecule has 1 atom stereocenters. The van der Waals surface area contributed by atoms with E-state index in [1.807, 2.05) is 6.07 Å². The van der Waals surface area contributed by atoms with Gasteiger partial charge in [-0.15, -0.1) is 13.2 Å². The zero-order valence-electron chi connectivity index (χ0n) is 24.8. The fourth-order valence-corrected chi connectivity index (χ4v) is 5.36. The van der Waals surface area contributed by atoms with Crippen molar-refractivity contribution >= 4 is 11.0 Å². The number of ether oxygens (including phenoxy) is 1. The Bertz CT molecular complexity index is 973. The SMILES string of the molecule is CCCCCCCC(C)(C)c1cnc2cc(C(C)(CCCC)CCCCCCC)cc(OC(F)(F)F)c2n1. The van der Waals surface area contributed by atoms with Crippen LogP contribution in [-0.2, 0) is 10.8 Å². The first-order valence-electron chi connectivity index (χ1n) is 15.0. The number of hydrogen-bond acceptors (Lipinski definition) is 3. The van der Waals surface area contributed by atoms with Crippen LogP contribution < -0.4 is 4.74 Å². The molecular formula is C32H51F3N2O. The lowest BCUT2D eigenvalue weighted by Gasteiger charge is -2.31. The van der Waals surface area contributed by atoms with E-state index in [1.54, 1.807) is 12.3 Å². The van der Waals surface area contributed by atoms with Crippen LogP contribution in [0.1, 0.15) is 149 Å². The molecule has 0 amide bonds. The van der Waals surface area contributed by atoms with Gasteiger partial charge in [0.05, 0.1) is 11.2 Å². The fourth-order valence-electron chi connectivity index (χ4n) is 5.36. The summed E-state index contributed by atoms with van der Waals surface area (Å²) < 4.78 is 45.3. The summed E-state index contributed by atoms with van der Waals surface area (Å²) in [6, 6.07) is 3.54. The molecule has 0 radical (unpaired) electrons. The van der Waals surface area contributed by atoms with E-state index in [9.17, 15) is 13.2 Å². The highest BCUT2D eigenvalue weighted by atomic mass is 19.4. The van der Waals surface area contributed by atoms with Crippen molar-refractivity contribution in [3.63, 3.8) is 0 Å². The monoisotopic (exact) mass is 536 g/mol. The Balaban J connectivity index is 2.44. The Hall–Kier alpha value is -1.85. The van der Waals surface area contributed by atoms with Crippen LogP contribution in [0, 0.1) is 0 Å². The first kappa shape index (κ1) is 32.4. The van der Waals surface area contributed by atoms with E-state index in [-0.39, 0.29) is 22.1 Å². The van der Waals surface area contributed by atoms with Crippen molar-refractivity contribution in [2.24, 2.45) is 0 Å². The minimum atomic E-state index is -4.79. The molecule has 0 saturated carbocycles. The summed E-state index contributed by atoms with van der Waals surface area (Å²) in [5.74, 6) is -0.230. The highest BCUT2D eigenvalue weighted by Crippen LogP contribution is 2.41. The van der Waals surface area contributed by atoms with Crippen molar-refractivity contribution in [2.45, 2.75) is 155 Å². The minimum Gasteiger partial charge on any atom is -0.403 e. The summed E-state index contributed by atoms with van der Waals surface area (Å²) in [4.78, 5) is 9.40. The number of halogens is 3. The van der Waals surface area contributed by atoms with Gasteiger partial charge in [-0.2, -0.15) is 0 Å². The Labute approximate surface area is 229 Å². The molecule has 0 aliphatic heterocycles. The molecule has 2 rings (SSSR count). The van der Waals surface area contributed by atoms with Gasteiger partial charge in [-0.25, -0.2) is 4.98 Å². The van der Waals surface area contributed by atoms with Gasteiger partial charge < -0.3 is 4.74 Å². The summed E-state index contributed by atoms with van der Waals surface area (Å²) >= 11 is 0. The number of benzene rings is 1. The van der Waals surface area contributed by atoms with Crippen molar-refractivity contribution in [3.05, 3.63) is 29.6 Å². The van der Waals surface area contributed by atoms with Crippen molar-refractivity contribution < 1.29 is 17.9 Å². The van der Waals surface area contributed by atoms with Crippen LogP contribution in [0.3, 0.4) is 0 Å². The normalized spacial score (nSPS) is 14.1. The molecule has 3 nitrogen and oxygen atoms in total. The van der Waals surface area contributed by atoms with Crippen molar-refractivity contribution in [3.8, 4) is 5.75 Å². The molecule has 0 saturated heterocycles. The van der Waals surface area contributed by atoms with Crippen LogP contribution in [0.5, 0.6) is 5.75 Å². The third kappa shape index (κ3) is 10.0. The molecule has 6 heteroatoms. The molecule has 2 aromatic rings. The third-order valence-corrected chi connectivity index (χ3v) is 8.05. The van der Waals surface area contributed by atoms with E-state index in [0.29, 0.717) is 11.2 Å². The molecule has 216 valence electrons. The molecular weight excluding hydrogens is 485 g/mol. The molecule has 0 bridgehead atoms. The van der Waals surface area contributed by atoms with Gasteiger partial charge in [0.1, 0.15) is 5.52 Å². The lowest BCUT2D eigenvalue weighted by molar-refractivity contribution is -0.274. The van der Waals surface area contributed by atoms with Crippen molar-refractivity contribution in [2.75, 3.05) is 0 Å². The second-order valence-corrected chi connectivity index (χ2v) is 12.0. The molecule has 0 spiro atoms. The van der Waals surface area contributed by atoms with Gasteiger partial charge in [-0.05, 0) is 42.4 Å². The lowest BCUT2D eigenvalue weighted by Crippen LogP contribution is -2.24. The Morgan fingerprint density at radius 3 is 1.84 bits per heavy atom. The fraction of sp³-hybridized carbons (Fsp3) is 0.750. The van der Waals surface area contributed by atoms with Gasteiger partial charge in [0, 0.05) is 11.6 Å². The summed E-state index contributed by atoms with van der Waals surface area (Å²) in [5.41, 5.74) is 1.73. The lowest BCUT2D eigenvalue weighted by atomic mass is 9.74. The summed E-state index contributed by atoms with van der Waals surface area (Å²) in [6.45, 7) is 12.9.